The van der Waals surface area contributed by atoms with Gasteiger partial charge in [-0.15, -0.1) is 0 Å². The number of nitrogens with zero attached hydrogens (tertiary/aromatic N) is 2. The third kappa shape index (κ3) is 10.8. The average Bonchev–Trinajstić information content (AvgIpc) is 2.69. The fraction of sp³-hybridized carbons (Fsp3) is 0.650. The zero-order valence-corrected chi connectivity index (χ0v) is 17.8. The third-order valence-corrected chi connectivity index (χ3v) is 4.07. The number of hydrogen-bond donors (Lipinski definition) is 2. The highest BCUT2D eigenvalue weighted by Gasteiger charge is 2.12. The Balaban J connectivity index is 2.55. The molecule has 0 radical (unpaired) electrons. The van der Waals surface area contributed by atoms with E-state index < -0.39 is 6.61 Å². The van der Waals surface area contributed by atoms with Crippen LogP contribution in [0, 0.1) is 0 Å². The Morgan fingerprint density at radius 3 is 2.66 bits per heavy atom. The predicted molar refractivity (Wildman–Crippen MR) is 111 cm³/mol. The number of ether oxygens (including phenoxy) is 3. The maximum absolute atomic E-state index is 12.8. The maximum atomic E-state index is 12.8. The summed E-state index contributed by atoms with van der Waals surface area (Å²) in [4.78, 5) is 6.36. The second-order valence-electron chi connectivity index (χ2n) is 6.50. The van der Waals surface area contributed by atoms with Crippen molar-refractivity contribution in [3.63, 3.8) is 0 Å². The van der Waals surface area contributed by atoms with Crippen molar-refractivity contribution in [1.82, 2.24) is 15.5 Å². The fourth-order valence-electron chi connectivity index (χ4n) is 2.55. The van der Waals surface area contributed by atoms with E-state index in [1.165, 1.54) is 6.07 Å². The zero-order chi connectivity index (χ0) is 21.5. The van der Waals surface area contributed by atoms with Crippen LogP contribution >= 0.6 is 0 Å². The molecule has 9 heteroatoms. The lowest BCUT2D eigenvalue weighted by Crippen LogP contribution is -2.40. The van der Waals surface area contributed by atoms with Crippen LogP contribution < -0.4 is 20.1 Å². The molecular formula is C20H34F2N4O3. The highest BCUT2D eigenvalue weighted by Crippen LogP contribution is 2.26. The van der Waals surface area contributed by atoms with Gasteiger partial charge in [0.2, 0.25) is 0 Å². The summed E-state index contributed by atoms with van der Waals surface area (Å²) in [5, 5.41) is 6.34. The molecule has 0 amide bonds. The lowest BCUT2D eigenvalue weighted by atomic mass is 10.2. The van der Waals surface area contributed by atoms with Crippen molar-refractivity contribution in [3.8, 4) is 11.5 Å². The average molecular weight is 417 g/mol. The Hall–Kier alpha value is -2.13. The molecule has 0 aliphatic rings. The second kappa shape index (κ2) is 14.8. The van der Waals surface area contributed by atoms with Crippen LogP contribution in [0.15, 0.2) is 23.2 Å². The number of benzene rings is 1. The zero-order valence-electron chi connectivity index (χ0n) is 17.8. The highest BCUT2D eigenvalue weighted by atomic mass is 19.3. The minimum Gasteiger partial charge on any atom is -0.493 e. The first-order valence-electron chi connectivity index (χ1n) is 9.82. The molecule has 0 saturated heterocycles. The van der Waals surface area contributed by atoms with E-state index in [-0.39, 0.29) is 5.75 Å². The van der Waals surface area contributed by atoms with Crippen LogP contribution in [0.3, 0.4) is 0 Å². The van der Waals surface area contributed by atoms with Gasteiger partial charge >= 0.3 is 6.61 Å². The van der Waals surface area contributed by atoms with E-state index in [1.807, 2.05) is 14.0 Å². The van der Waals surface area contributed by atoms with Gasteiger partial charge in [0, 0.05) is 58.6 Å². The number of nitrogens with one attached hydrogen (secondary N) is 2. The minimum atomic E-state index is -2.90. The molecule has 166 valence electrons. The van der Waals surface area contributed by atoms with Crippen molar-refractivity contribution in [2.45, 2.75) is 32.9 Å². The van der Waals surface area contributed by atoms with Gasteiger partial charge in [-0.1, -0.05) is 6.92 Å². The van der Waals surface area contributed by atoms with Crippen LogP contribution in [0.4, 0.5) is 8.78 Å². The molecule has 0 atom stereocenters. The minimum absolute atomic E-state index is 0.0921. The molecular weight excluding hydrogens is 382 g/mol. The Labute approximate surface area is 172 Å². The van der Waals surface area contributed by atoms with E-state index in [4.69, 9.17) is 9.47 Å². The van der Waals surface area contributed by atoms with E-state index in [1.54, 1.807) is 26.3 Å². The molecule has 0 aromatic heterocycles. The summed E-state index contributed by atoms with van der Waals surface area (Å²) in [6.45, 7) is 3.11. The fourth-order valence-corrected chi connectivity index (χ4v) is 2.55. The normalized spacial score (nSPS) is 11.8. The molecule has 1 rings (SSSR count). The Kier molecular flexibility index (Phi) is 12.7. The monoisotopic (exact) mass is 416 g/mol. The maximum Gasteiger partial charge on any atom is 0.387 e. The summed E-state index contributed by atoms with van der Waals surface area (Å²) in [6, 6.07) is 4.95. The van der Waals surface area contributed by atoms with E-state index in [0.29, 0.717) is 37.0 Å². The van der Waals surface area contributed by atoms with Crippen LogP contribution in [0.1, 0.15) is 25.3 Å². The van der Waals surface area contributed by atoms with Gasteiger partial charge in [-0.2, -0.15) is 8.78 Å². The lowest BCUT2D eigenvalue weighted by molar-refractivity contribution is -0.0505. The quantitative estimate of drug-likeness (QED) is 0.276. The van der Waals surface area contributed by atoms with Gasteiger partial charge < -0.3 is 29.7 Å². The smallest absolute Gasteiger partial charge is 0.387 e. The third-order valence-electron chi connectivity index (χ3n) is 4.07. The molecule has 1 aromatic rings. The summed E-state index contributed by atoms with van der Waals surface area (Å²) in [6.07, 6.45) is 1.81. The van der Waals surface area contributed by atoms with E-state index >= 15 is 0 Å². The van der Waals surface area contributed by atoms with E-state index in [0.717, 1.165) is 32.5 Å². The van der Waals surface area contributed by atoms with Gasteiger partial charge in [-0.05, 0) is 32.0 Å². The number of halogens is 2. The van der Waals surface area contributed by atoms with Crippen molar-refractivity contribution < 1.29 is 23.0 Å². The molecule has 7 nitrogen and oxygen atoms in total. The molecule has 0 unspecified atom stereocenters. The SMILES string of the molecule is CCCOc1ccc(CNC(=NC)NCCN(C)CCCOC)c(OC(F)F)c1. The number of likely N-dealkylation sites (N-methyl/N-ethyl adjacent to an activating group) is 1. The summed E-state index contributed by atoms with van der Waals surface area (Å²) in [5.74, 6) is 1.18. The van der Waals surface area contributed by atoms with Crippen LogP contribution in [0.25, 0.3) is 0 Å². The van der Waals surface area contributed by atoms with Gasteiger partial charge in [0.15, 0.2) is 5.96 Å². The number of methoxy groups -OCH3 is 1. The first-order valence-corrected chi connectivity index (χ1v) is 9.82. The van der Waals surface area contributed by atoms with Crippen molar-refractivity contribution in [1.29, 1.82) is 0 Å². The van der Waals surface area contributed by atoms with Gasteiger partial charge in [-0.3, -0.25) is 4.99 Å². The molecule has 0 saturated carbocycles. The Morgan fingerprint density at radius 1 is 1.21 bits per heavy atom. The molecule has 0 bridgehead atoms. The van der Waals surface area contributed by atoms with Crippen molar-refractivity contribution in [2.24, 2.45) is 4.99 Å². The standard InChI is InChI=1S/C20H34F2N4O3/c1-5-12-28-17-8-7-16(18(14-17)29-19(21)22)15-25-20(23-2)24-9-11-26(3)10-6-13-27-4/h7-8,14,19H,5-6,9-13,15H2,1-4H3,(H2,23,24,25). The van der Waals surface area contributed by atoms with Crippen molar-refractivity contribution in [3.05, 3.63) is 23.8 Å². The Morgan fingerprint density at radius 2 is 2.00 bits per heavy atom. The molecule has 1 aromatic carbocycles. The molecule has 0 fully saturated rings. The molecule has 29 heavy (non-hydrogen) atoms. The second-order valence-corrected chi connectivity index (χ2v) is 6.50. The number of aliphatic imine (C=N–C) groups is 1. The summed E-state index contributed by atoms with van der Waals surface area (Å²) < 4.78 is 40.7. The first-order chi connectivity index (χ1) is 14.0. The van der Waals surface area contributed by atoms with E-state index in [2.05, 4.69) is 25.3 Å². The van der Waals surface area contributed by atoms with Crippen molar-refractivity contribution >= 4 is 5.96 Å². The van der Waals surface area contributed by atoms with Gasteiger partial charge in [0.05, 0.1) is 6.61 Å². The van der Waals surface area contributed by atoms with Crippen LogP contribution in [-0.2, 0) is 11.3 Å². The van der Waals surface area contributed by atoms with E-state index in [9.17, 15) is 8.78 Å². The molecule has 0 spiro atoms. The summed E-state index contributed by atoms with van der Waals surface area (Å²) >= 11 is 0. The Bertz CT molecular complexity index is 603. The first kappa shape index (κ1) is 24.9. The van der Waals surface area contributed by atoms with Gasteiger partial charge in [0.1, 0.15) is 11.5 Å². The molecule has 0 heterocycles. The topological polar surface area (TPSA) is 67.4 Å². The summed E-state index contributed by atoms with van der Waals surface area (Å²) in [7, 11) is 5.40. The van der Waals surface area contributed by atoms with Gasteiger partial charge in [-0.25, -0.2) is 0 Å². The number of guanidine groups is 1. The van der Waals surface area contributed by atoms with Crippen LogP contribution in [0.5, 0.6) is 11.5 Å². The number of hydrogen-bond acceptors (Lipinski definition) is 5. The van der Waals surface area contributed by atoms with Gasteiger partial charge in [0.25, 0.3) is 0 Å². The van der Waals surface area contributed by atoms with Crippen LogP contribution in [-0.4, -0.2) is 71.5 Å². The number of rotatable bonds is 14. The molecule has 0 aliphatic carbocycles. The largest absolute Gasteiger partial charge is 0.493 e. The van der Waals surface area contributed by atoms with Crippen LogP contribution in [0.2, 0.25) is 0 Å². The molecule has 0 aliphatic heterocycles. The lowest BCUT2D eigenvalue weighted by Gasteiger charge is -2.18. The molecule has 2 N–H and O–H groups in total. The highest BCUT2D eigenvalue weighted by molar-refractivity contribution is 5.79. The van der Waals surface area contributed by atoms with Crippen molar-refractivity contribution in [2.75, 3.05) is 54.1 Å². The summed E-state index contributed by atoms with van der Waals surface area (Å²) in [5.41, 5.74) is 0.591. The predicted octanol–water partition coefficient (Wildman–Crippen LogP) is 2.71. The number of alkyl halides is 2.